The molecule has 2 amide bonds. The Morgan fingerprint density at radius 2 is 1.92 bits per heavy atom. The van der Waals surface area contributed by atoms with Crippen molar-refractivity contribution >= 4 is 23.2 Å². The van der Waals surface area contributed by atoms with Crippen LogP contribution in [0, 0.1) is 6.92 Å². The highest BCUT2D eigenvalue weighted by molar-refractivity contribution is 6.07. The number of rotatable bonds is 3. The molecule has 4 heteroatoms. The second kappa shape index (κ2) is 6.48. The van der Waals surface area contributed by atoms with E-state index < -0.39 is 6.04 Å². The van der Waals surface area contributed by atoms with Gasteiger partial charge in [0.05, 0.1) is 0 Å². The van der Waals surface area contributed by atoms with Crippen LogP contribution in [0.2, 0.25) is 0 Å². The molecule has 0 bridgehead atoms. The van der Waals surface area contributed by atoms with Gasteiger partial charge in [0, 0.05) is 24.7 Å². The number of anilines is 2. The smallest absolute Gasteiger partial charge is 0.247 e. The number of nitrogens with zero attached hydrogens (tertiary/aromatic N) is 1. The van der Waals surface area contributed by atoms with Gasteiger partial charge in [-0.3, -0.25) is 14.5 Å². The Kier molecular flexibility index (Phi) is 4.38. The van der Waals surface area contributed by atoms with Gasteiger partial charge in [-0.25, -0.2) is 0 Å². The molecule has 0 aliphatic carbocycles. The molecule has 0 radical (unpaired) electrons. The van der Waals surface area contributed by atoms with Crippen LogP contribution in [-0.2, 0) is 22.4 Å². The second-order valence-electron chi connectivity index (χ2n) is 6.19. The number of fused-ring (bicyclic) bond motifs is 1. The summed E-state index contributed by atoms with van der Waals surface area (Å²) in [7, 11) is 0. The van der Waals surface area contributed by atoms with E-state index >= 15 is 0 Å². The van der Waals surface area contributed by atoms with E-state index in [1.54, 1.807) is 4.90 Å². The Hall–Kier alpha value is -2.62. The molecule has 24 heavy (non-hydrogen) atoms. The Labute approximate surface area is 142 Å². The van der Waals surface area contributed by atoms with Gasteiger partial charge in [0.1, 0.15) is 6.04 Å². The lowest BCUT2D eigenvalue weighted by atomic mass is 10.0. The molecular weight excluding hydrogens is 300 g/mol. The number of nitrogens with one attached hydrogen (secondary N) is 1. The maximum atomic E-state index is 12.9. The van der Waals surface area contributed by atoms with Crippen LogP contribution in [0.5, 0.6) is 0 Å². The van der Waals surface area contributed by atoms with Crippen LogP contribution in [0.3, 0.4) is 0 Å². The molecule has 0 unspecified atom stereocenters. The standard InChI is InChI=1S/C20H22N2O2/c1-4-15-10-7-8-13(2)19(15)21-20(24)18-12-16-9-5-6-11-17(16)22(18)14(3)23/h5-11,18H,4,12H2,1-3H3,(H,21,24)/t18-/m1/s1. The van der Waals surface area contributed by atoms with E-state index in [1.165, 1.54) is 6.92 Å². The molecule has 3 rings (SSSR count). The van der Waals surface area contributed by atoms with Crippen LogP contribution < -0.4 is 10.2 Å². The first-order valence-electron chi connectivity index (χ1n) is 8.30. The third kappa shape index (κ3) is 2.80. The molecule has 1 N–H and O–H groups in total. The molecule has 124 valence electrons. The highest BCUT2D eigenvalue weighted by Crippen LogP contribution is 2.33. The molecule has 0 fully saturated rings. The highest BCUT2D eigenvalue weighted by Gasteiger charge is 2.36. The van der Waals surface area contributed by atoms with Crippen LogP contribution in [0.15, 0.2) is 42.5 Å². The SMILES string of the molecule is CCc1cccc(C)c1NC(=O)[C@H]1Cc2ccccc2N1C(C)=O. The summed E-state index contributed by atoms with van der Waals surface area (Å²) in [5, 5.41) is 3.06. The summed E-state index contributed by atoms with van der Waals surface area (Å²) in [6, 6.07) is 13.2. The zero-order chi connectivity index (χ0) is 17.3. The van der Waals surface area contributed by atoms with Gasteiger partial charge in [-0.1, -0.05) is 43.3 Å². The number of carbonyl (C=O) groups is 2. The Bertz CT molecular complexity index is 798. The molecule has 0 saturated heterocycles. The first kappa shape index (κ1) is 16.2. The Morgan fingerprint density at radius 1 is 1.17 bits per heavy atom. The quantitative estimate of drug-likeness (QED) is 0.940. The molecule has 0 aromatic heterocycles. The number of amides is 2. The molecule has 0 spiro atoms. The minimum absolute atomic E-state index is 0.111. The van der Waals surface area contributed by atoms with E-state index in [9.17, 15) is 9.59 Å². The van der Waals surface area contributed by atoms with Gasteiger partial charge in [0.2, 0.25) is 11.8 Å². The number of hydrogen-bond acceptors (Lipinski definition) is 2. The fraction of sp³-hybridized carbons (Fsp3) is 0.300. The summed E-state index contributed by atoms with van der Waals surface area (Å²) in [5.41, 5.74) is 4.88. The number of carbonyl (C=O) groups excluding carboxylic acids is 2. The monoisotopic (exact) mass is 322 g/mol. The van der Waals surface area contributed by atoms with Gasteiger partial charge < -0.3 is 5.32 Å². The topological polar surface area (TPSA) is 49.4 Å². The number of aryl methyl sites for hydroxylation is 2. The number of hydrogen-bond donors (Lipinski definition) is 1. The van der Waals surface area contributed by atoms with Gasteiger partial charge in [-0.15, -0.1) is 0 Å². The van der Waals surface area contributed by atoms with E-state index in [0.717, 1.165) is 34.5 Å². The third-order valence-corrected chi connectivity index (χ3v) is 4.61. The van der Waals surface area contributed by atoms with Gasteiger partial charge in [-0.05, 0) is 36.1 Å². The summed E-state index contributed by atoms with van der Waals surface area (Å²) < 4.78 is 0. The van der Waals surface area contributed by atoms with Crippen molar-refractivity contribution in [1.82, 2.24) is 0 Å². The summed E-state index contributed by atoms with van der Waals surface area (Å²) in [4.78, 5) is 26.6. The summed E-state index contributed by atoms with van der Waals surface area (Å²) >= 11 is 0. The van der Waals surface area contributed by atoms with Crippen molar-refractivity contribution in [3.63, 3.8) is 0 Å². The average molecular weight is 322 g/mol. The van der Waals surface area contributed by atoms with E-state index in [4.69, 9.17) is 0 Å². The lowest BCUT2D eigenvalue weighted by molar-refractivity contribution is -0.122. The molecule has 2 aromatic carbocycles. The molecule has 1 heterocycles. The van der Waals surface area contributed by atoms with Crippen LogP contribution in [-0.4, -0.2) is 17.9 Å². The van der Waals surface area contributed by atoms with Crippen molar-refractivity contribution in [2.75, 3.05) is 10.2 Å². The van der Waals surface area contributed by atoms with Gasteiger partial charge in [-0.2, -0.15) is 0 Å². The van der Waals surface area contributed by atoms with E-state index in [1.807, 2.05) is 49.4 Å². The van der Waals surface area contributed by atoms with Gasteiger partial charge >= 0.3 is 0 Å². The number of benzene rings is 2. The predicted octanol–water partition coefficient (Wildman–Crippen LogP) is 3.47. The normalized spacial score (nSPS) is 16.0. The first-order valence-corrected chi connectivity index (χ1v) is 8.30. The van der Waals surface area contributed by atoms with Crippen molar-refractivity contribution in [2.24, 2.45) is 0 Å². The van der Waals surface area contributed by atoms with E-state index in [0.29, 0.717) is 6.42 Å². The van der Waals surface area contributed by atoms with Gasteiger partial charge in [0.25, 0.3) is 0 Å². The van der Waals surface area contributed by atoms with Crippen molar-refractivity contribution < 1.29 is 9.59 Å². The van der Waals surface area contributed by atoms with E-state index in [-0.39, 0.29) is 11.8 Å². The zero-order valence-corrected chi connectivity index (χ0v) is 14.3. The van der Waals surface area contributed by atoms with Crippen molar-refractivity contribution in [1.29, 1.82) is 0 Å². The highest BCUT2D eigenvalue weighted by atomic mass is 16.2. The van der Waals surface area contributed by atoms with Crippen molar-refractivity contribution in [2.45, 2.75) is 39.7 Å². The van der Waals surface area contributed by atoms with Crippen LogP contribution >= 0.6 is 0 Å². The largest absolute Gasteiger partial charge is 0.324 e. The Morgan fingerprint density at radius 3 is 2.62 bits per heavy atom. The fourth-order valence-corrected chi connectivity index (χ4v) is 3.39. The van der Waals surface area contributed by atoms with Crippen LogP contribution in [0.25, 0.3) is 0 Å². The average Bonchev–Trinajstić information content (AvgIpc) is 2.96. The maximum Gasteiger partial charge on any atom is 0.247 e. The van der Waals surface area contributed by atoms with Crippen molar-refractivity contribution in [3.05, 3.63) is 59.2 Å². The van der Waals surface area contributed by atoms with Crippen LogP contribution in [0.4, 0.5) is 11.4 Å². The molecule has 4 nitrogen and oxygen atoms in total. The minimum atomic E-state index is -0.496. The molecule has 1 atom stereocenters. The van der Waals surface area contributed by atoms with Crippen molar-refractivity contribution in [3.8, 4) is 0 Å². The van der Waals surface area contributed by atoms with E-state index in [2.05, 4.69) is 12.2 Å². The summed E-state index contributed by atoms with van der Waals surface area (Å²) in [6.45, 7) is 5.56. The third-order valence-electron chi connectivity index (χ3n) is 4.61. The summed E-state index contributed by atoms with van der Waals surface area (Å²) in [6.07, 6.45) is 1.40. The molecule has 2 aromatic rings. The maximum absolute atomic E-state index is 12.9. The van der Waals surface area contributed by atoms with Crippen LogP contribution in [0.1, 0.15) is 30.5 Å². The fourth-order valence-electron chi connectivity index (χ4n) is 3.39. The molecule has 1 aliphatic heterocycles. The Balaban J connectivity index is 1.90. The van der Waals surface area contributed by atoms with Gasteiger partial charge in [0.15, 0.2) is 0 Å². The number of para-hydroxylation sites is 2. The first-order chi connectivity index (χ1) is 11.5. The zero-order valence-electron chi connectivity index (χ0n) is 14.3. The lowest BCUT2D eigenvalue weighted by Crippen LogP contribution is -2.44. The molecule has 1 aliphatic rings. The second-order valence-corrected chi connectivity index (χ2v) is 6.19. The summed E-state index contributed by atoms with van der Waals surface area (Å²) in [5.74, 6) is -0.244. The predicted molar refractivity (Wildman–Crippen MR) is 96.3 cm³/mol. The lowest BCUT2D eigenvalue weighted by Gasteiger charge is -2.24. The minimum Gasteiger partial charge on any atom is -0.324 e. The molecule has 0 saturated carbocycles. The molecular formula is C20H22N2O2.